The Kier molecular flexibility index (Phi) is 7.77. The summed E-state index contributed by atoms with van der Waals surface area (Å²) in [6.45, 7) is 5.27. The number of para-hydroxylation sites is 1. The van der Waals surface area contributed by atoms with Gasteiger partial charge in [-0.25, -0.2) is 0 Å². The zero-order valence-electron chi connectivity index (χ0n) is 11.8. The van der Waals surface area contributed by atoms with Gasteiger partial charge in [0.05, 0.1) is 37.8 Å². The Morgan fingerprint density at radius 2 is 2.00 bits per heavy atom. The molecule has 1 aromatic rings. The van der Waals surface area contributed by atoms with Crippen molar-refractivity contribution in [2.24, 2.45) is 0 Å². The van der Waals surface area contributed by atoms with Crippen LogP contribution in [-0.2, 0) is 9.47 Å². The van der Waals surface area contributed by atoms with Crippen molar-refractivity contribution in [3.8, 4) is 5.75 Å². The minimum Gasteiger partial charge on any atom is -0.491 e. The maximum absolute atomic E-state index is 6.04. The van der Waals surface area contributed by atoms with E-state index in [-0.39, 0.29) is 0 Å². The monoisotopic (exact) mass is 268 g/mol. The van der Waals surface area contributed by atoms with E-state index in [0.29, 0.717) is 38.7 Å². The number of benzene rings is 1. The third kappa shape index (κ3) is 5.81. The fraction of sp³-hybridized carbons (Fsp3) is 0.571. The first-order chi connectivity index (χ1) is 9.29. The number of nitrogen functional groups attached to an aromatic ring is 1. The molecule has 0 fully saturated rings. The molecule has 5 nitrogen and oxygen atoms in total. The molecule has 0 spiro atoms. The Bertz CT molecular complexity index is 359. The summed E-state index contributed by atoms with van der Waals surface area (Å²) in [4.78, 5) is 0. The van der Waals surface area contributed by atoms with Crippen LogP contribution < -0.4 is 15.8 Å². The Hall–Kier alpha value is -1.46. The van der Waals surface area contributed by atoms with Crippen LogP contribution in [0.15, 0.2) is 18.2 Å². The molecular weight excluding hydrogens is 244 g/mol. The van der Waals surface area contributed by atoms with Crippen LogP contribution in [0.4, 0.5) is 11.4 Å². The first kappa shape index (κ1) is 15.6. The number of ether oxygens (including phenoxy) is 3. The standard InChI is InChI=1S/C14H24N2O3/c1-3-8-19-13-6-4-5-12(14(13)15)16-7-9-18-11-10-17-2/h4-6,16H,3,7-11,15H2,1-2H3. The average molecular weight is 268 g/mol. The molecule has 19 heavy (non-hydrogen) atoms. The highest BCUT2D eigenvalue weighted by Crippen LogP contribution is 2.29. The Balaban J connectivity index is 2.36. The van der Waals surface area contributed by atoms with Crippen molar-refractivity contribution in [3.05, 3.63) is 18.2 Å². The van der Waals surface area contributed by atoms with Crippen LogP contribution in [0, 0.1) is 0 Å². The van der Waals surface area contributed by atoms with Crippen LogP contribution in [0.25, 0.3) is 0 Å². The molecule has 0 bridgehead atoms. The Morgan fingerprint density at radius 1 is 1.16 bits per heavy atom. The highest BCUT2D eigenvalue weighted by molar-refractivity contribution is 5.72. The lowest BCUT2D eigenvalue weighted by Crippen LogP contribution is -2.13. The molecule has 0 heterocycles. The molecule has 1 aromatic carbocycles. The molecule has 0 aromatic heterocycles. The smallest absolute Gasteiger partial charge is 0.144 e. The quantitative estimate of drug-likeness (QED) is 0.502. The second kappa shape index (κ2) is 9.47. The summed E-state index contributed by atoms with van der Waals surface area (Å²) >= 11 is 0. The Morgan fingerprint density at radius 3 is 2.74 bits per heavy atom. The van der Waals surface area contributed by atoms with Gasteiger partial charge in [0.1, 0.15) is 5.75 Å². The summed E-state index contributed by atoms with van der Waals surface area (Å²) in [6.07, 6.45) is 0.963. The summed E-state index contributed by atoms with van der Waals surface area (Å²) < 4.78 is 15.8. The van der Waals surface area contributed by atoms with Gasteiger partial charge in [-0.3, -0.25) is 0 Å². The predicted octanol–water partition coefficient (Wildman–Crippen LogP) is 2.13. The summed E-state index contributed by atoms with van der Waals surface area (Å²) in [6, 6.07) is 5.74. The molecule has 108 valence electrons. The third-order valence-electron chi connectivity index (χ3n) is 2.52. The molecule has 3 N–H and O–H groups in total. The lowest BCUT2D eigenvalue weighted by molar-refractivity contribution is 0.0759. The molecule has 0 radical (unpaired) electrons. The number of nitrogens with one attached hydrogen (secondary N) is 1. The number of rotatable bonds is 10. The summed E-state index contributed by atoms with van der Waals surface area (Å²) in [5.41, 5.74) is 7.56. The fourth-order valence-corrected chi connectivity index (χ4v) is 1.54. The maximum atomic E-state index is 6.04. The topological polar surface area (TPSA) is 65.7 Å². The second-order valence-electron chi connectivity index (χ2n) is 4.10. The van der Waals surface area contributed by atoms with E-state index in [1.807, 2.05) is 18.2 Å². The number of anilines is 2. The van der Waals surface area contributed by atoms with Crippen molar-refractivity contribution < 1.29 is 14.2 Å². The first-order valence-corrected chi connectivity index (χ1v) is 6.61. The largest absolute Gasteiger partial charge is 0.491 e. The van der Waals surface area contributed by atoms with Crippen LogP contribution >= 0.6 is 0 Å². The summed E-state index contributed by atoms with van der Waals surface area (Å²) in [7, 11) is 1.66. The lowest BCUT2D eigenvalue weighted by Gasteiger charge is -2.13. The number of hydrogen-bond donors (Lipinski definition) is 2. The highest BCUT2D eigenvalue weighted by Gasteiger charge is 2.05. The van der Waals surface area contributed by atoms with Gasteiger partial charge >= 0.3 is 0 Å². The van der Waals surface area contributed by atoms with E-state index in [0.717, 1.165) is 17.9 Å². The van der Waals surface area contributed by atoms with Gasteiger partial charge in [0.25, 0.3) is 0 Å². The van der Waals surface area contributed by atoms with E-state index in [2.05, 4.69) is 12.2 Å². The van der Waals surface area contributed by atoms with Gasteiger partial charge in [0.15, 0.2) is 0 Å². The van der Waals surface area contributed by atoms with Crippen molar-refractivity contribution >= 4 is 11.4 Å². The Labute approximate surface area is 115 Å². The normalized spacial score (nSPS) is 10.4. The molecule has 0 atom stereocenters. The zero-order valence-corrected chi connectivity index (χ0v) is 11.8. The summed E-state index contributed by atoms with van der Waals surface area (Å²) in [5, 5.41) is 3.24. The van der Waals surface area contributed by atoms with Gasteiger partial charge < -0.3 is 25.3 Å². The van der Waals surface area contributed by atoms with Crippen LogP contribution in [-0.4, -0.2) is 40.1 Å². The third-order valence-corrected chi connectivity index (χ3v) is 2.52. The van der Waals surface area contributed by atoms with E-state index in [9.17, 15) is 0 Å². The molecule has 0 aliphatic carbocycles. The highest BCUT2D eigenvalue weighted by atomic mass is 16.5. The van der Waals surface area contributed by atoms with Crippen molar-refractivity contribution in [3.63, 3.8) is 0 Å². The van der Waals surface area contributed by atoms with Crippen LogP contribution in [0.3, 0.4) is 0 Å². The molecule has 1 rings (SSSR count). The van der Waals surface area contributed by atoms with Crippen molar-refractivity contribution in [2.45, 2.75) is 13.3 Å². The average Bonchev–Trinajstić information content (AvgIpc) is 2.43. The number of methoxy groups -OCH3 is 1. The molecule has 5 heteroatoms. The molecule has 0 aliphatic heterocycles. The van der Waals surface area contributed by atoms with Crippen LogP contribution in [0.1, 0.15) is 13.3 Å². The van der Waals surface area contributed by atoms with Gasteiger partial charge in [-0.2, -0.15) is 0 Å². The van der Waals surface area contributed by atoms with Gasteiger partial charge in [-0.15, -0.1) is 0 Å². The second-order valence-corrected chi connectivity index (χ2v) is 4.10. The first-order valence-electron chi connectivity index (χ1n) is 6.61. The van der Waals surface area contributed by atoms with E-state index < -0.39 is 0 Å². The van der Waals surface area contributed by atoms with Gasteiger partial charge in [0, 0.05) is 13.7 Å². The van der Waals surface area contributed by atoms with E-state index >= 15 is 0 Å². The van der Waals surface area contributed by atoms with Crippen LogP contribution in [0.5, 0.6) is 5.75 Å². The molecule has 0 unspecified atom stereocenters. The van der Waals surface area contributed by atoms with Crippen molar-refractivity contribution in [1.82, 2.24) is 0 Å². The number of nitrogens with two attached hydrogens (primary N) is 1. The summed E-state index contributed by atoms with van der Waals surface area (Å²) in [5.74, 6) is 0.729. The molecule has 0 saturated heterocycles. The molecule has 0 aliphatic rings. The SMILES string of the molecule is CCCOc1cccc(NCCOCCOC)c1N. The van der Waals surface area contributed by atoms with Gasteiger partial charge in [-0.1, -0.05) is 13.0 Å². The molecule has 0 saturated carbocycles. The fourth-order valence-electron chi connectivity index (χ4n) is 1.54. The van der Waals surface area contributed by atoms with E-state index in [1.54, 1.807) is 7.11 Å². The lowest BCUT2D eigenvalue weighted by atomic mass is 10.2. The number of hydrogen-bond acceptors (Lipinski definition) is 5. The van der Waals surface area contributed by atoms with Gasteiger partial charge in [-0.05, 0) is 18.6 Å². The van der Waals surface area contributed by atoms with E-state index in [4.69, 9.17) is 19.9 Å². The maximum Gasteiger partial charge on any atom is 0.144 e. The molecule has 0 amide bonds. The molecular formula is C14H24N2O3. The zero-order chi connectivity index (χ0) is 13.9. The van der Waals surface area contributed by atoms with Crippen LogP contribution in [0.2, 0.25) is 0 Å². The predicted molar refractivity (Wildman–Crippen MR) is 77.8 cm³/mol. The minimum absolute atomic E-state index is 0.604. The van der Waals surface area contributed by atoms with Crippen molar-refractivity contribution in [2.75, 3.05) is 51.1 Å². The van der Waals surface area contributed by atoms with Crippen molar-refractivity contribution in [1.29, 1.82) is 0 Å². The minimum atomic E-state index is 0.604. The van der Waals surface area contributed by atoms with Gasteiger partial charge in [0.2, 0.25) is 0 Å². The van der Waals surface area contributed by atoms with E-state index in [1.165, 1.54) is 0 Å².